The Morgan fingerprint density at radius 1 is 1.22 bits per heavy atom. The number of hydrogen-bond donors (Lipinski definition) is 1. The Labute approximate surface area is 137 Å². The number of alkyl halides is 3. The van der Waals surface area contributed by atoms with Crippen LogP contribution in [0.15, 0.2) is 12.7 Å². The number of esters is 1. The molecule has 0 bridgehead atoms. The van der Waals surface area contributed by atoms with Gasteiger partial charge in [0.05, 0.1) is 0 Å². The lowest BCUT2D eigenvalue weighted by atomic mass is 10.0. The lowest BCUT2D eigenvalue weighted by molar-refractivity contribution is -0.170. The van der Waals surface area contributed by atoms with Crippen molar-refractivity contribution in [1.29, 1.82) is 0 Å². The minimum atomic E-state index is -4.40. The molecule has 0 heterocycles. The van der Waals surface area contributed by atoms with Crippen LogP contribution in [0.1, 0.15) is 60.3 Å². The third kappa shape index (κ3) is 9.64. The maximum absolute atomic E-state index is 13.2. The Bertz CT molecular complexity index is 373. The largest absolute Gasteiger partial charge is 0.459 e. The number of carbonyl (C=O) groups excluding carboxylic acids is 1. The van der Waals surface area contributed by atoms with Gasteiger partial charge < -0.3 is 4.74 Å². The summed E-state index contributed by atoms with van der Waals surface area (Å²) in [5.74, 6) is -0.948. The Morgan fingerprint density at radius 2 is 1.78 bits per heavy atom. The van der Waals surface area contributed by atoms with Gasteiger partial charge in [0.15, 0.2) is 0 Å². The molecule has 6 heteroatoms. The predicted octanol–water partition coefficient (Wildman–Crippen LogP) is 4.62. The van der Waals surface area contributed by atoms with E-state index in [4.69, 9.17) is 4.74 Å². The predicted molar refractivity (Wildman–Crippen MR) is 86.1 cm³/mol. The second-order valence-corrected chi connectivity index (χ2v) is 7.09. The van der Waals surface area contributed by atoms with Crippen molar-refractivity contribution >= 4 is 5.97 Å². The van der Waals surface area contributed by atoms with Crippen molar-refractivity contribution in [3.8, 4) is 0 Å². The summed E-state index contributed by atoms with van der Waals surface area (Å²) in [6.07, 6.45) is -1.02. The summed E-state index contributed by atoms with van der Waals surface area (Å²) in [4.78, 5) is 12.2. The lowest BCUT2D eigenvalue weighted by Crippen LogP contribution is -2.53. The Kier molecular flexibility index (Phi) is 8.88. The van der Waals surface area contributed by atoms with E-state index in [2.05, 4.69) is 11.9 Å². The van der Waals surface area contributed by atoms with Crippen LogP contribution in [-0.4, -0.2) is 29.8 Å². The number of carbonyl (C=O) groups is 1. The van der Waals surface area contributed by atoms with E-state index in [1.54, 1.807) is 40.7 Å². The molecule has 0 saturated carbocycles. The number of halogens is 3. The highest BCUT2D eigenvalue weighted by Gasteiger charge is 2.42. The fourth-order valence-corrected chi connectivity index (χ4v) is 2.09. The van der Waals surface area contributed by atoms with Crippen molar-refractivity contribution in [2.75, 3.05) is 0 Å². The normalized spacial score (nSPS) is 15.3. The van der Waals surface area contributed by atoms with E-state index >= 15 is 0 Å². The fourth-order valence-electron chi connectivity index (χ4n) is 2.09. The van der Waals surface area contributed by atoms with E-state index in [-0.39, 0.29) is 12.3 Å². The molecule has 0 fully saturated rings. The van der Waals surface area contributed by atoms with Gasteiger partial charge in [0.2, 0.25) is 0 Å². The van der Waals surface area contributed by atoms with Crippen molar-refractivity contribution in [1.82, 2.24) is 5.32 Å². The smallest absolute Gasteiger partial charge is 0.403 e. The molecule has 0 radical (unpaired) electrons. The van der Waals surface area contributed by atoms with Gasteiger partial charge in [-0.1, -0.05) is 26.3 Å². The average Bonchev–Trinajstić information content (AvgIpc) is 2.33. The topological polar surface area (TPSA) is 38.3 Å². The first-order valence-corrected chi connectivity index (χ1v) is 8.05. The van der Waals surface area contributed by atoms with Gasteiger partial charge in [-0.3, -0.25) is 10.1 Å². The van der Waals surface area contributed by atoms with Gasteiger partial charge in [0, 0.05) is 0 Å². The molecule has 3 nitrogen and oxygen atoms in total. The van der Waals surface area contributed by atoms with Crippen molar-refractivity contribution < 1.29 is 22.7 Å². The lowest BCUT2D eigenvalue weighted by Gasteiger charge is -2.31. The minimum absolute atomic E-state index is 0.0661. The molecule has 0 aliphatic carbocycles. The molecule has 0 aliphatic rings. The second kappa shape index (κ2) is 9.30. The van der Waals surface area contributed by atoms with Crippen LogP contribution in [0.4, 0.5) is 13.2 Å². The first-order valence-electron chi connectivity index (χ1n) is 8.05. The van der Waals surface area contributed by atoms with Crippen LogP contribution in [-0.2, 0) is 9.53 Å². The molecule has 0 aromatic carbocycles. The summed E-state index contributed by atoms with van der Waals surface area (Å²) in [6.45, 7) is 12.0. The average molecular weight is 337 g/mol. The van der Waals surface area contributed by atoms with Crippen LogP contribution >= 0.6 is 0 Å². The van der Waals surface area contributed by atoms with Gasteiger partial charge in [-0.15, -0.1) is 6.58 Å². The molecular formula is C17H30F3NO2. The highest BCUT2D eigenvalue weighted by Crippen LogP contribution is 2.26. The quantitative estimate of drug-likeness (QED) is 0.379. The molecule has 2 atom stereocenters. The number of ether oxygens (including phenoxy) is 1. The molecule has 0 rings (SSSR count). The number of unbranched alkanes of at least 4 members (excludes halogenated alkanes) is 2. The van der Waals surface area contributed by atoms with Gasteiger partial charge in [0.1, 0.15) is 17.7 Å². The zero-order valence-corrected chi connectivity index (χ0v) is 14.8. The zero-order chi connectivity index (χ0) is 18.3. The van der Waals surface area contributed by atoms with Crippen LogP contribution < -0.4 is 5.32 Å². The SMILES string of the molecule is C=CCCCCC(NC(C(=O)OC(C)(C)C)C(C)C)C(F)(F)F. The summed E-state index contributed by atoms with van der Waals surface area (Å²) < 4.78 is 44.9. The monoisotopic (exact) mass is 337 g/mol. The van der Waals surface area contributed by atoms with E-state index in [1.807, 2.05) is 0 Å². The number of hydrogen-bond acceptors (Lipinski definition) is 3. The molecule has 0 aromatic rings. The van der Waals surface area contributed by atoms with Crippen molar-refractivity contribution in [3.63, 3.8) is 0 Å². The van der Waals surface area contributed by atoms with Crippen LogP contribution in [0, 0.1) is 5.92 Å². The maximum atomic E-state index is 13.2. The summed E-state index contributed by atoms with van der Waals surface area (Å²) in [5, 5.41) is 2.47. The number of nitrogens with one attached hydrogen (secondary N) is 1. The third-order valence-electron chi connectivity index (χ3n) is 3.25. The van der Waals surface area contributed by atoms with E-state index in [0.717, 1.165) is 0 Å². The second-order valence-electron chi connectivity index (χ2n) is 7.09. The minimum Gasteiger partial charge on any atom is -0.459 e. The maximum Gasteiger partial charge on any atom is 0.403 e. The van der Waals surface area contributed by atoms with Crippen molar-refractivity contribution in [2.24, 2.45) is 5.92 Å². The first kappa shape index (κ1) is 22.0. The summed E-state index contributed by atoms with van der Waals surface area (Å²) in [6, 6.07) is -2.70. The van der Waals surface area contributed by atoms with Crippen LogP contribution in [0.3, 0.4) is 0 Å². The van der Waals surface area contributed by atoms with E-state index in [1.165, 1.54) is 0 Å². The standard InChI is InChI=1S/C17H30F3NO2/c1-7-8-9-10-11-13(17(18,19)20)21-14(12(2)3)15(22)23-16(4,5)6/h7,12-14,21H,1,8-11H2,2-6H3. The highest BCUT2D eigenvalue weighted by molar-refractivity contribution is 5.76. The Hall–Kier alpha value is -1.04. The molecule has 0 aliphatic heterocycles. The van der Waals surface area contributed by atoms with Crippen LogP contribution in [0.25, 0.3) is 0 Å². The van der Waals surface area contributed by atoms with Crippen LogP contribution in [0.2, 0.25) is 0 Å². The molecular weight excluding hydrogens is 307 g/mol. The van der Waals surface area contributed by atoms with Crippen LogP contribution in [0.5, 0.6) is 0 Å². The van der Waals surface area contributed by atoms with Crippen molar-refractivity contribution in [3.05, 3.63) is 12.7 Å². The Balaban J connectivity index is 4.93. The summed E-state index contributed by atoms with van der Waals surface area (Å²) in [7, 11) is 0. The molecule has 23 heavy (non-hydrogen) atoms. The van der Waals surface area contributed by atoms with Gasteiger partial charge >= 0.3 is 12.1 Å². The van der Waals surface area contributed by atoms with E-state index in [9.17, 15) is 18.0 Å². The molecule has 0 saturated heterocycles. The fraction of sp³-hybridized carbons (Fsp3) is 0.824. The van der Waals surface area contributed by atoms with Gasteiger partial charge in [-0.2, -0.15) is 13.2 Å². The van der Waals surface area contributed by atoms with Gasteiger partial charge in [0.25, 0.3) is 0 Å². The van der Waals surface area contributed by atoms with Crippen molar-refractivity contribution in [2.45, 2.75) is 84.2 Å². The van der Waals surface area contributed by atoms with E-state index in [0.29, 0.717) is 19.3 Å². The van der Waals surface area contributed by atoms with Gasteiger partial charge in [-0.05, 0) is 46.0 Å². The first-order chi connectivity index (χ1) is 10.4. The molecule has 2 unspecified atom stereocenters. The molecule has 136 valence electrons. The molecule has 1 N–H and O–H groups in total. The highest BCUT2D eigenvalue weighted by atomic mass is 19.4. The van der Waals surface area contributed by atoms with Gasteiger partial charge in [-0.25, -0.2) is 0 Å². The molecule has 0 aromatic heterocycles. The molecule has 0 amide bonds. The summed E-state index contributed by atoms with van der Waals surface area (Å²) in [5.41, 5.74) is -0.733. The third-order valence-corrected chi connectivity index (χ3v) is 3.25. The molecule has 0 spiro atoms. The number of rotatable bonds is 9. The van der Waals surface area contributed by atoms with E-state index < -0.39 is 29.8 Å². The Morgan fingerprint density at radius 3 is 2.17 bits per heavy atom. The number of allylic oxidation sites excluding steroid dienone is 1. The zero-order valence-electron chi connectivity index (χ0n) is 14.8. The summed E-state index contributed by atoms with van der Waals surface area (Å²) >= 11 is 0.